The SMILES string of the molecule is CC/C=C\C/C=C\C/C=C\C/C=C\C/C=C\C/C=C\CCC(=O)OC(CO)COC(=O)CC. The quantitative estimate of drug-likeness (QED) is 0.181. The number of hydrogen-bond donors (Lipinski definition) is 1. The van der Waals surface area contributed by atoms with Crippen LogP contribution in [0.5, 0.6) is 0 Å². The Hall–Kier alpha value is -2.66. The minimum atomic E-state index is -0.807. The second-order valence-electron chi connectivity index (χ2n) is 7.28. The molecular weight excluding hydrogens is 416 g/mol. The minimum absolute atomic E-state index is 0.116. The fraction of sp³-hybridized carbons (Fsp3) is 0.500. The zero-order valence-corrected chi connectivity index (χ0v) is 20.4. The Labute approximate surface area is 200 Å². The third-order valence-electron chi connectivity index (χ3n) is 4.33. The van der Waals surface area contributed by atoms with Crippen molar-refractivity contribution in [3.05, 3.63) is 72.9 Å². The highest BCUT2D eigenvalue weighted by Gasteiger charge is 2.15. The van der Waals surface area contributed by atoms with Crippen LogP contribution in [-0.2, 0) is 19.1 Å². The van der Waals surface area contributed by atoms with Gasteiger partial charge in [0.15, 0.2) is 6.10 Å². The summed E-state index contributed by atoms with van der Waals surface area (Å²) in [7, 11) is 0. The maximum atomic E-state index is 11.8. The predicted octanol–water partition coefficient (Wildman–Crippen LogP) is 6.32. The number of hydrogen-bond acceptors (Lipinski definition) is 5. The summed E-state index contributed by atoms with van der Waals surface area (Å²) in [5.41, 5.74) is 0. The van der Waals surface area contributed by atoms with Gasteiger partial charge in [-0.25, -0.2) is 0 Å². The predicted molar refractivity (Wildman–Crippen MR) is 136 cm³/mol. The van der Waals surface area contributed by atoms with Gasteiger partial charge in [-0.2, -0.15) is 0 Å². The Bertz CT molecular complexity index is 668. The lowest BCUT2D eigenvalue weighted by Gasteiger charge is -2.15. The van der Waals surface area contributed by atoms with Gasteiger partial charge in [0.1, 0.15) is 6.61 Å². The fourth-order valence-corrected chi connectivity index (χ4v) is 2.50. The van der Waals surface area contributed by atoms with E-state index in [1.807, 2.05) is 12.2 Å². The van der Waals surface area contributed by atoms with Gasteiger partial charge in [-0.05, 0) is 44.9 Å². The monoisotopic (exact) mass is 458 g/mol. The van der Waals surface area contributed by atoms with Crippen molar-refractivity contribution in [1.29, 1.82) is 0 Å². The number of esters is 2. The molecule has 1 N–H and O–H groups in total. The molecule has 0 aliphatic carbocycles. The summed E-state index contributed by atoms with van der Waals surface area (Å²) in [4.78, 5) is 22.9. The number of ether oxygens (including phenoxy) is 2. The van der Waals surface area contributed by atoms with E-state index >= 15 is 0 Å². The maximum Gasteiger partial charge on any atom is 0.306 e. The topological polar surface area (TPSA) is 72.8 Å². The van der Waals surface area contributed by atoms with Crippen molar-refractivity contribution in [3.63, 3.8) is 0 Å². The van der Waals surface area contributed by atoms with Crippen molar-refractivity contribution >= 4 is 11.9 Å². The van der Waals surface area contributed by atoms with Gasteiger partial charge in [-0.1, -0.05) is 86.8 Å². The molecule has 0 spiro atoms. The van der Waals surface area contributed by atoms with Gasteiger partial charge in [0.2, 0.25) is 0 Å². The van der Waals surface area contributed by atoms with Gasteiger partial charge in [0.05, 0.1) is 6.61 Å². The summed E-state index contributed by atoms with van der Waals surface area (Å²) in [5.74, 6) is -0.802. The van der Waals surface area contributed by atoms with Crippen LogP contribution in [0.2, 0.25) is 0 Å². The molecule has 1 atom stereocenters. The molecule has 0 aliphatic rings. The second kappa shape index (κ2) is 24.0. The molecule has 0 aromatic carbocycles. The van der Waals surface area contributed by atoms with Crippen LogP contribution in [0.25, 0.3) is 0 Å². The maximum absolute atomic E-state index is 11.8. The zero-order valence-electron chi connectivity index (χ0n) is 20.4. The molecule has 5 heteroatoms. The summed E-state index contributed by atoms with van der Waals surface area (Å²) in [6.07, 6.45) is 31.6. The number of aliphatic hydroxyl groups excluding tert-OH is 1. The molecular formula is C28H42O5. The zero-order chi connectivity index (χ0) is 24.4. The Kier molecular flexibility index (Phi) is 22.1. The van der Waals surface area contributed by atoms with Crippen LogP contribution in [0.3, 0.4) is 0 Å². The lowest BCUT2D eigenvalue weighted by Crippen LogP contribution is -2.28. The first-order valence-corrected chi connectivity index (χ1v) is 12.0. The highest BCUT2D eigenvalue weighted by Crippen LogP contribution is 2.02. The van der Waals surface area contributed by atoms with E-state index in [2.05, 4.69) is 67.7 Å². The van der Waals surface area contributed by atoms with Crippen molar-refractivity contribution < 1.29 is 24.2 Å². The largest absolute Gasteiger partial charge is 0.462 e. The number of carbonyl (C=O) groups is 2. The van der Waals surface area contributed by atoms with Crippen LogP contribution in [0.15, 0.2) is 72.9 Å². The Morgan fingerprint density at radius 2 is 1.15 bits per heavy atom. The van der Waals surface area contributed by atoms with Gasteiger partial charge in [-0.15, -0.1) is 0 Å². The Morgan fingerprint density at radius 1 is 0.697 bits per heavy atom. The number of carbonyl (C=O) groups excluding carboxylic acids is 2. The van der Waals surface area contributed by atoms with E-state index < -0.39 is 12.1 Å². The van der Waals surface area contributed by atoms with Crippen LogP contribution < -0.4 is 0 Å². The summed E-state index contributed by atoms with van der Waals surface area (Å²) in [5, 5.41) is 9.19. The summed E-state index contributed by atoms with van der Waals surface area (Å²) in [6, 6.07) is 0. The molecule has 0 saturated carbocycles. The van der Waals surface area contributed by atoms with E-state index in [1.54, 1.807) is 6.92 Å². The van der Waals surface area contributed by atoms with Crippen molar-refractivity contribution in [2.75, 3.05) is 13.2 Å². The van der Waals surface area contributed by atoms with Gasteiger partial charge >= 0.3 is 11.9 Å². The van der Waals surface area contributed by atoms with Gasteiger partial charge in [0, 0.05) is 12.8 Å². The molecule has 33 heavy (non-hydrogen) atoms. The van der Waals surface area contributed by atoms with E-state index in [1.165, 1.54) is 0 Å². The fourth-order valence-electron chi connectivity index (χ4n) is 2.50. The van der Waals surface area contributed by atoms with E-state index in [0.29, 0.717) is 6.42 Å². The molecule has 0 aromatic heterocycles. The third-order valence-corrected chi connectivity index (χ3v) is 4.33. The number of allylic oxidation sites excluding steroid dienone is 12. The molecule has 0 fully saturated rings. The minimum Gasteiger partial charge on any atom is -0.462 e. The normalized spacial score (nSPS) is 13.4. The van der Waals surface area contributed by atoms with Crippen molar-refractivity contribution in [3.8, 4) is 0 Å². The third kappa shape index (κ3) is 22.3. The molecule has 0 aliphatic heterocycles. The van der Waals surface area contributed by atoms with E-state index in [4.69, 9.17) is 9.47 Å². The van der Waals surface area contributed by atoms with Crippen molar-refractivity contribution in [2.24, 2.45) is 0 Å². The first kappa shape index (κ1) is 30.3. The van der Waals surface area contributed by atoms with Crippen LogP contribution in [0.1, 0.15) is 71.6 Å². The first-order valence-electron chi connectivity index (χ1n) is 12.0. The molecule has 0 aromatic rings. The lowest BCUT2D eigenvalue weighted by molar-refractivity contribution is -0.161. The van der Waals surface area contributed by atoms with E-state index in [-0.39, 0.29) is 32.0 Å². The average molecular weight is 459 g/mol. The van der Waals surface area contributed by atoms with Crippen LogP contribution in [-0.4, -0.2) is 36.4 Å². The summed E-state index contributed by atoms with van der Waals surface area (Å²) in [6.45, 7) is 3.33. The highest BCUT2D eigenvalue weighted by molar-refractivity contribution is 5.70. The van der Waals surface area contributed by atoms with Crippen LogP contribution >= 0.6 is 0 Å². The summed E-state index contributed by atoms with van der Waals surface area (Å²) >= 11 is 0. The van der Waals surface area contributed by atoms with E-state index in [9.17, 15) is 14.7 Å². The number of aliphatic hydroxyl groups is 1. The molecule has 0 bridgehead atoms. The Morgan fingerprint density at radius 3 is 1.58 bits per heavy atom. The van der Waals surface area contributed by atoms with Crippen LogP contribution in [0.4, 0.5) is 0 Å². The standard InChI is InChI=1S/C28H42O5/c1-3-5-6-7-8-9-10-11-12-13-14-15-16-17-18-19-20-21-22-23-28(31)33-26(24-29)25-32-27(30)4-2/h5-6,8-9,11-12,14-15,17-18,20-21,26,29H,3-4,7,10,13,16,19,22-25H2,1-2H3/b6-5-,9-8-,12-11-,15-14-,18-17-,21-20-. The van der Waals surface area contributed by atoms with Gasteiger partial charge in [-0.3, -0.25) is 9.59 Å². The lowest BCUT2D eigenvalue weighted by atomic mass is 10.2. The Balaban J connectivity index is 3.76. The van der Waals surface area contributed by atoms with Crippen LogP contribution in [0, 0.1) is 0 Å². The molecule has 0 amide bonds. The molecule has 0 radical (unpaired) electrons. The van der Waals surface area contributed by atoms with Crippen molar-refractivity contribution in [2.45, 2.75) is 77.7 Å². The van der Waals surface area contributed by atoms with Crippen molar-refractivity contribution in [1.82, 2.24) is 0 Å². The van der Waals surface area contributed by atoms with Gasteiger partial charge in [0.25, 0.3) is 0 Å². The molecule has 1 unspecified atom stereocenters. The molecule has 5 nitrogen and oxygen atoms in total. The average Bonchev–Trinajstić information content (AvgIpc) is 2.82. The molecule has 184 valence electrons. The highest BCUT2D eigenvalue weighted by atomic mass is 16.6. The second-order valence-corrected chi connectivity index (χ2v) is 7.28. The summed E-state index contributed by atoms with van der Waals surface area (Å²) < 4.78 is 9.98. The smallest absolute Gasteiger partial charge is 0.306 e. The molecule has 0 saturated heterocycles. The van der Waals surface area contributed by atoms with Gasteiger partial charge < -0.3 is 14.6 Å². The molecule has 0 heterocycles. The molecule has 0 rings (SSSR count). The van der Waals surface area contributed by atoms with E-state index in [0.717, 1.165) is 38.5 Å². The first-order chi connectivity index (χ1) is 16.1. The number of rotatable bonds is 19.